The summed E-state index contributed by atoms with van der Waals surface area (Å²) in [6, 6.07) is 6.96. The van der Waals surface area contributed by atoms with Gasteiger partial charge in [0.15, 0.2) is 0 Å². The van der Waals surface area contributed by atoms with E-state index < -0.39 is 0 Å². The van der Waals surface area contributed by atoms with E-state index in [0.717, 1.165) is 29.0 Å². The van der Waals surface area contributed by atoms with Gasteiger partial charge in [-0.2, -0.15) is 0 Å². The van der Waals surface area contributed by atoms with Crippen LogP contribution in [0.2, 0.25) is 0 Å². The maximum absolute atomic E-state index is 6.09. The van der Waals surface area contributed by atoms with Gasteiger partial charge in [-0.15, -0.1) is 0 Å². The molecule has 0 radical (unpaired) electrons. The number of hydrogen-bond donors (Lipinski definition) is 1. The maximum Gasteiger partial charge on any atom is 0.138 e. The Balaban J connectivity index is 2.01. The van der Waals surface area contributed by atoms with E-state index in [1.807, 2.05) is 0 Å². The molecule has 3 heteroatoms. The number of hydrogen-bond acceptors (Lipinski definition) is 3. The van der Waals surface area contributed by atoms with Crippen molar-refractivity contribution in [3.8, 4) is 5.75 Å². The van der Waals surface area contributed by atoms with Crippen molar-refractivity contribution in [1.29, 1.82) is 0 Å². The molecule has 0 amide bonds. The Morgan fingerprint density at radius 2 is 2.00 bits per heavy atom. The van der Waals surface area contributed by atoms with Crippen molar-refractivity contribution in [3.63, 3.8) is 0 Å². The quantitative estimate of drug-likeness (QED) is 0.914. The first-order chi connectivity index (χ1) is 9.47. The largest absolute Gasteiger partial charge is 0.497 e. The lowest BCUT2D eigenvalue weighted by Crippen LogP contribution is -2.14. The second-order valence-corrected chi connectivity index (χ2v) is 6.71. The lowest BCUT2D eigenvalue weighted by atomic mass is 9.86. The first-order valence-corrected chi connectivity index (χ1v) is 7.31. The summed E-state index contributed by atoms with van der Waals surface area (Å²) >= 11 is 0. The molecule has 1 aromatic heterocycles. The molecule has 1 aliphatic carbocycles. The van der Waals surface area contributed by atoms with E-state index in [1.54, 1.807) is 7.11 Å². The molecule has 3 nitrogen and oxygen atoms in total. The molecule has 0 atom stereocenters. The summed E-state index contributed by atoms with van der Waals surface area (Å²) in [5.41, 5.74) is 2.22. The molecular formula is C17H23NO2. The molecule has 1 saturated carbocycles. The molecule has 0 bridgehead atoms. The van der Waals surface area contributed by atoms with Crippen molar-refractivity contribution in [1.82, 2.24) is 5.32 Å². The fourth-order valence-electron chi connectivity index (χ4n) is 2.47. The molecule has 1 fully saturated rings. The number of furan rings is 1. The number of fused-ring (bicyclic) bond motifs is 1. The molecular weight excluding hydrogens is 250 g/mol. The van der Waals surface area contributed by atoms with Crippen LogP contribution in [0.4, 0.5) is 0 Å². The van der Waals surface area contributed by atoms with Crippen molar-refractivity contribution in [2.75, 3.05) is 7.11 Å². The number of benzene rings is 1. The van der Waals surface area contributed by atoms with Gasteiger partial charge in [-0.1, -0.05) is 20.8 Å². The Bertz CT molecular complexity index is 618. The van der Waals surface area contributed by atoms with Crippen LogP contribution in [-0.2, 0) is 12.0 Å². The Labute approximate surface area is 120 Å². The molecule has 0 unspecified atom stereocenters. The van der Waals surface area contributed by atoms with E-state index in [-0.39, 0.29) is 5.41 Å². The molecule has 108 valence electrons. The fourth-order valence-corrected chi connectivity index (χ4v) is 2.47. The van der Waals surface area contributed by atoms with Gasteiger partial charge in [0.05, 0.1) is 13.7 Å². The zero-order valence-electron chi connectivity index (χ0n) is 12.7. The molecule has 1 heterocycles. The Kier molecular flexibility index (Phi) is 3.25. The normalized spacial score (nSPS) is 15.8. The summed E-state index contributed by atoms with van der Waals surface area (Å²) in [6.07, 6.45) is 2.59. The van der Waals surface area contributed by atoms with Crippen molar-refractivity contribution in [2.24, 2.45) is 0 Å². The zero-order valence-corrected chi connectivity index (χ0v) is 12.7. The number of methoxy groups -OCH3 is 1. The number of rotatable bonds is 4. The van der Waals surface area contributed by atoms with Gasteiger partial charge in [-0.3, -0.25) is 0 Å². The van der Waals surface area contributed by atoms with Crippen LogP contribution in [0.1, 0.15) is 44.9 Å². The average molecular weight is 273 g/mol. The molecule has 0 aliphatic heterocycles. The SMILES string of the molecule is COc1cc(C(C)(C)C)c2oc(CNC3CC3)cc2c1. The fraction of sp³-hybridized carbons (Fsp3) is 0.529. The molecule has 20 heavy (non-hydrogen) atoms. The minimum absolute atomic E-state index is 0.0336. The van der Waals surface area contributed by atoms with Crippen LogP contribution in [-0.4, -0.2) is 13.2 Å². The molecule has 2 aromatic rings. The van der Waals surface area contributed by atoms with Crippen LogP contribution in [0, 0.1) is 0 Å². The monoisotopic (exact) mass is 273 g/mol. The van der Waals surface area contributed by atoms with Crippen molar-refractivity contribution in [3.05, 3.63) is 29.5 Å². The van der Waals surface area contributed by atoms with Gasteiger partial charge < -0.3 is 14.5 Å². The second kappa shape index (κ2) is 4.81. The highest BCUT2D eigenvalue weighted by atomic mass is 16.5. The van der Waals surface area contributed by atoms with Crippen molar-refractivity contribution >= 4 is 11.0 Å². The van der Waals surface area contributed by atoms with Gasteiger partial charge in [0.25, 0.3) is 0 Å². The summed E-state index contributed by atoms with van der Waals surface area (Å²) in [5.74, 6) is 1.90. The minimum atomic E-state index is 0.0336. The predicted molar refractivity (Wildman–Crippen MR) is 81.3 cm³/mol. The summed E-state index contributed by atoms with van der Waals surface area (Å²) < 4.78 is 11.5. The highest BCUT2D eigenvalue weighted by Crippen LogP contribution is 2.35. The lowest BCUT2D eigenvalue weighted by Gasteiger charge is -2.20. The van der Waals surface area contributed by atoms with Gasteiger partial charge in [-0.25, -0.2) is 0 Å². The summed E-state index contributed by atoms with van der Waals surface area (Å²) in [6.45, 7) is 7.41. The third kappa shape index (κ3) is 2.68. The van der Waals surface area contributed by atoms with Crippen LogP contribution in [0.15, 0.2) is 22.6 Å². The third-order valence-corrected chi connectivity index (χ3v) is 3.83. The van der Waals surface area contributed by atoms with E-state index in [0.29, 0.717) is 6.04 Å². The lowest BCUT2D eigenvalue weighted by molar-refractivity contribution is 0.413. The smallest absolute Gasteiger partial charge is 0.138 e. The highest BCUT2D eigenvalue weighted by molar-refractivity contribution is 5.84. The Hall–Kier alpha value is -1.48. The second-order valence-electron chi connectivity index (χ2n) is 6.71. The Morgan fingerprint density at radius 1 is 1.25 bits per heavy atom. The van der Waals surface area contributed by atoms with Gasteiger partial charge >= 0.3 is 0 Å². The van der Waals surface area contributed by atoms with E-state index >= 15 is 0 Å². The topological polar surface area (TPSA) is 34.4 Å². The van der Waals surface area contributed by atoms with E-state index in [4.69, 9.17) is 9.15 Å². The molecule has 3 rings (SSSR count). The number of nitrogens with one attached hydrogen (secondary N) is 1. The minimum Gasteiger partial charge on any atom is -0.497 e. The zero-order chi connectivity index (χ0) is 14.3. The van der Waals surface area contributed by atoms with Crippen LogP contribution in [0.5, 0.6) is 5.75 Å². The van der Waals surface area contributed by atoms with Crippen LogP contribution in [0.25, 0.3) is 11.0 Å². The summed E-state index contributed by atoms with van der Waals surface area (Å²) in [7, 11) is 1.71. The van der Waals surface area contributed by atoms with E-state index in [1.165, 1.54) is 18.4 Å². The van der Waals surface area contributed by atoms with Crippen molar-refractivity contribution < 1.29 is 9.15 Å². The summed E-state index contributed by atoms with van der Waals surface area (Å²) in [4.78, 5) is 0. The van der Waals surface area contributed by atoms with Gasteiger partial charge in [0.2, 0.25) is 0 Å². The molecule has 0 saturated heterocycles. The van der Waals surface area contributed by atoms with Crippen molar-refractivity contribution in [2.45, 2.75) is 51.6 Å². The van der Waals surface area contributed by atoms with Gasteiger partial charge in [0.1, 0.15) is 17.1 Å². The molecule has 0 spiro atoms. The van der Waals surface area contributed by atoms with Crippen LogP contribution in [0.3, 0.4) is 0 Å². The van der Waals surface area contributed by atoms with E-state index in [9.17, 15) is 0 Å². The van der Waals surface area contributed by atoms with Crippen LogP contribution >= 0.6 is 0 Å². The standard InChI is InChI=1S/C17H23NO2/c1-17(2,3)15-9-13(19-4)7-11-8-14(20-16(11)15)10-18-12-5-6-12/h7-9,12,18H,5-6,10H2,1-4H3. The average Bonchev–Trinajstić information content (AvgIpc) is 3.12. The third-order valence-electron chi connectivity index (χ3n) is 3.83. The van der Waals surface area contributed by atoms with E-state index in [2.05, 4.69) is 44.3 Å². The van der Waals surface area contributed by atoms with Gasteiger partial charge in [-0.05, 0) is 36.5 Å². The molecule has 1 N–H and O–H groups in total. The highest BCUT2D eigenvalue weighted by Gasteiger charge is 2.23. The van der Waals surface area contributed by atoms with Crippen LogP contribution < -0.4 is 10.1 Å². The summed E-state index contributed by atoms with van der Waals surface area (Å²) in [5, 5.41) is 4.62. The molecule has 1 aromatic carbocycles. The first-order valence-electron chi connectivity index (χ1n) is 7.31. The van der Waals surface area contributed by atoms with Gasteiger partial charge in [0, 0.05) is 17.0 Å². The maximum atomic E-state index is 6.09. The molecule has 1 aliphatic rings. The number of ether oxygens (including phenoxy) is 1. The first kappa shape index (κ1) is 13.5. The predicted octanol–water partition coefficient (Wildman–Crippen LogP) is 3.99. The Morgan fingerprint density at radius 3 is 2.60 bits per heavy atom.